The molecule has 0 radical (unpaired) electrons. The third-order valence-corrected chi connectivity index (χ3v) is 7.18. The minimum absolute atomic E-state index is 0. The summed E-state index contributed by atoms with van der Waals surface area (Å²) in [6, 6.07) is 4.77. The van der Waals surface area contributed by atoms with Gasteiger partial charge in [-0.05, 0) is 65.0 Å². The lowest BCUT2D eigenvalue weighted by molar-refractivity contribution is -0.980. The van der Waals surface area contributed by atoms with Crippen LogP contribution in [-0.4, -0.2) is 24.3 Å². The number of benzene rings is 1. The van der Waals surface area contributed by atoms with Crippen molar-refractivity contribution in [3.05, 3.63) is 26.8 Å². The lowest BCUT2D eigenvalue weighted by Crippen LogP contribution is -3.00. The van der Waals surface area contributed by atoms with Crippen LogP contribution in [0.3, 0.4) is 0 Å². The summed E-state index contributed by atoms with van der Waals surface area (Å²) in [5.41, 5.74) is 3.07. The molecule has 0 N–H and O–H groups in total. The van der Waals surface area contributed by atoms with E-state index < -0.39 is 0 Å². The predicted octanol–water partition coefficient (Wildman–Crippen LogP) is 2.61. The van der Waals surface area contributed by atoms with Gasteiger partial charge in [-0.3, -0.25) is 4.48 Å². The molecule has 0 amide bonds. The van der Waals surface area contributed by atoms with Gasteiger partial charge in [0.2, 0.25) is 5.72 Å². The summed E-state index contributed by atoms with van der Waals surface area (Å²) in [5.74, 6) is 1.17. The average molecular weight is 555 g/mol. The maximum Gasteiger partial charge on any atom is 0.243 e. The molecule has 1 saturated carbocycles. The van der Waals surface area contributed by atoms with Gasteiger partial charge in [0, 0.05) is 12.8 Å². The average Bonchev–Trinajstić information content (AvgIpc) is 2.50. The highest BCUT2D eigenvalue weighted by Gasteiger charge is 2.52. The third-order valence-electron chi connectivity index (χ3n) is 6.38. The van der Waals surface area contributed by atoms with Crippen molar-refractivity contribution >= 4 is 22.6 Å². The summed E-state index contributed by atoms with van der Waals surface area (Å²) in [7, 11) is 4.72. The number of nitrogens with zero attached hydrogens (tertiary/aromatic N) is 1. The number of quaternary nitrogens is 1. The van der Waals surface area contributed by atoms with E-state index in [4.69, 9.17) is 4.74 Å². The van der Waals surface area contributed by atoms with E-state index in [1.807, 2.05) is 0 Å². The molecule has 136 valence electrons. The Morgan fingerprint density at radius 2 is 1.79 bits per heavy atom. The van der Waals surface area contributed by atoms with Crippen LogP contribution in [0.1, 0.15) is 70.4 Å². The van der Waals surface area contributed by atoms with E-state index in [2.05, 4.69) is 69.6 Å². The quantitative estimate of drug-likeness (QED) is 0.403. The SMILES string of the molecule is CCC(C)(C)c1cc(I)c2c(c1)C[N+](C)(C)C1(CCCCC1)O2.[I-]. The first-order chi connectivity index (χ1) is 10.7. The van der Waals surface area contributed by atoms with Gasteiger partial charge in [-0.25, -0.2) is 0 Å². The van der Waals surface area contributed by atoms with Crippen molar-refractivity contribution in [3.8, 4) is 5.75 Å². The van der Waals surface area contributed by atoms with Crippen LogP contribution in [0.15, 0.2) is 12.1 Å². The molecule has 3 rings (SSSR count). The first kappa shape index (κ1) is 20.7. The highest BCUT2D eigenvalue weighted by molar-refractivity contribution is 14.1. The molecule has 1 aliphatic heterocycles. The van der Waals surface area contributed by atoms with E-state index in [-0.39, 0.29) is 35.1 Å². The van der Waals surface area contributed by atoms with Gasteiger partial charge in [0.1, 0.15) is 12.3 Å². The van der Waals surface area contributed by atoms with Crippen LogP contribution >= 0.6 is 22.6 Å². The first-order valence-corrected chi connectivity index (χ1v) is 10.1. The first-order valence-electron chi connectivity index (χ1n) is 9.06. The Hall–Kier alpha value is 0.440. The molecular weight excluding hydrogens is 524 g/mol. The van der Waals surface area contributed by atoms with Crippen LogP contribution in [0.5, 0.6) is 5.75 Å². The fourth-order valence-corrected chi connectivity index (χ4v) is 4.96. The monoisotopic (exact) mass is 555 g/mol. The summed E-state index contributed by atoms with van der Waals surface area (Å²) in [5, 5.41) is 0. The van der Waals surface area contributed by atoms with Gasteiger partial charge in [-0.15, -0.1) is 0 Å². The lowest BCUT2D eigenvalue weighted by atomic mass is 9.81. The number of hydrogen-bond donors (Lipinski definition) is 0. The van der Waals surface area contributed by atoms with Crippen molar-refractivity contribution in [1.82, 2.24) is 0 Å². The summed E-state index contributed by atoms with van der Waals surface area (Å²) >= 11 is 2.48. The molecule has 0 aromatic heterocycles. The van der Waals surface area contributed by atoms with Gasteiger partial charge >= 0.3 is 0 Å². The lowest BCUT2D eigenvalue weighted by Gasteiger charge is -2.53. The van der Waals surface area contributed by atoms with E-state index >= 15 is 0 Å². The van der Waals surface area contributed by atoms with E-state index in [0.717, 1.165) is 17.4 Å². The minimum Gasteiger partial charge on any atom is -1.00 e. The van der Waals surface area contributed by atoms with Crippen molar-refractivity contribution in [3.63, 3.8) is 0 Å². The largest absolute Gasteiger partial charge is 1.00 e. The maximum absolute atomic E-state index is 6.77. The standard InChI is InChI=1S/C20H31INO.HI/c1-6-19(2,3)16-12-15-14-22(4,5)20(10-8-7-9-11-20)23-18(15)17(21)13-16;/h12-13H,6-11,14H2,1-5H3;1H/q+1;/p-1. The molecule has 0 unspecified atom stereocenters. The highest BCUT2D eigenvalue weighted by atomic mass is 127. The van der Waals surface area contributed by atoms with Crippen LogP contribution in [0.25, 0.3) is 0 Å². The van der Waals surface area contributed by atoms with Crippen molar-refractivity contribution in [2.24, 2.45) is 0 Å². The zero-order valence-corrected chi connectivity index (χ0v) is 20.0. The molecule has 24 heavy (non-hydrogen) atoms. The molecule has 0 saturated heterocycles. The van der Waals surface area contributed by atoms with Crippen LogP contribution in [-0.2, 0) is 12.0 Å². The number of hydrogen-bond acceptors (Lipinski definition) is 1. The normalized spacial score (nSPS) is 21.6. The fourth-order valence-electron chi connectivity index (χ4n) is 4.17. The Balaban J connectivity index is 0.00000208. The van der Waals surface area contributed by atoms with E-state index in [1.54, 1.807) is 0 Å². The Kier molecular flexibility index (Phi) is 6.24. The Morgan fingerprint density at radius 3 is 2.38 bits per heavy atom. The second kappa shape index (κ2) is 7.22. The fraction of sp³-hybridized carbons (Fsp3) is 0.700. The summed E-state index contributed by atoms with van der Waals surface area (Å²) in [4.78, 5) is 0. The van der Waals surface area contributed by atoms with Gasteiger partial charge in [0.05, 0.1) is 23.2 Å². The van der Waals surface area contributed by atoms with Crippen molar-refractivity contribution in [1.29, 1.82) is 0 Å². The molecule has 1 fully saturated rings. The zero-order chi connectivity index (χ0) is 16.9. The van der Waals surface area contributed by atoms with E-state index in [1.165, 1.54) is 52.6 Å². The maximum atomic E-state index is 6.77. The predicted molar refractivity (Wildman–Crippen MR) is 105 cm³/mol. The summed E-state index contributed by atoms with van der Waals surface area (Å²) in [6.07, 6.45) is 7.50. The molecule has 4 heteroatoms. The van der Waals surface area contributed by atoms with Crippen molar-refractivity contribution in [2.45, 2.75) is 77.0 Å². The van der Waals surface area contributed by atoms with Gasteiger partial charge in [0.15, 0.2) is 0 Å². The Morgan fingerprint density at radius 1 is 1.17 bits per heavy atom. The molecule has 0 atom stereocenters. The topological polar surface area (TPSA) is 9.23 Å². The Labute approximate surface area is 178 Å². The van der Waals surface area contributed by atoms with E-state index in [9.17, 15) is 0 Å². The second-order valence-electron chi connectivity index (χ2n) is 8.64. The van der Waals surface area contributed by atoms with E-state index in [0.29, 0.717) is 0 Å². The number of halogens is 2. The van der Waals surface area contributed by atoms with Gasteiger partial charge in [-0.1, -0.05) is 27.2 Å². The summed E-state index contributed by atoms with van der Waals surface area (Å²) < 4.78 is 9.03. The van der Waals surface area contributed by atoms with Crippen molar-refractivity contribution < 1.29 is 33.2 Å². The number of ether oxygens (including phenoxy) is 1. The molecule has 1 aromatic rings. The number of fused-ring (bicyclic) bond motifs is 1. The molecular formula is C20H31I2NO. The summed E-state index contributed by atoms with van der Waals surface area (Å²) in [6.45, 7) is 8.05. The molecule has 1 aromatic carbocycles. The van der Waals surface area contributed by atoms with Gasteiger partial charge < -0.3 is 28.7 Å². The highest BCUT2D eigenvalue weighted by Crippen LogP contribution is 2.47. The Bertz CT molecular complexity index is 604. The van der Waals surface area contributed by atoms with Crippen LogP contribution in [0.2, 0.25) is 0 Å². The number of rotatable bonds is 2. The molecule has 1 heterocycles. The van der Waals surface area contributed by atoms with Gasteiger partial charge in [0.25, 0.3) is 0 Å². The van der Waals surface area contributed by atoms with Crippen molar-refractivity contribution in [2.75, 3.05) is 14.1 Å². The van der Waals surface area contributed by atoms with Gasteiger partial charge in [-0.2, -0.15) is 0 Å². The third kappa shape index (κ3) is 3.48. The molecule has 2 nitrogen and oxygen atoms in total. The molecule has 0 bridgehead atoms. The van der Waals surface area contributed by atoms with Crippen LogP contribution in [0, 0.1) is 3.57 Å². The van der Waals surface area contributed by atoms with Crippen LogP contribution < -0.4 is 28.7 Å². The zero-order valence-electron chi connectivity index (χ0n) is 15.7. The molecule has 1 aliphatic carbocycles. The minimum atomic E-state index is -0.00698. The smallest absolute Gasteiger partial charge is 0.243 e. The van der Waals surface area contributed by atoms with Crippen LogP contribution in [0.4, 0.5) is 0 Å². The molecule has 2 aliphatic rings. The second-order valence-corrected chi connectivity index (χ2v) is 9.80. The molecule has 1 spiro atoms.